The summed E-state index contributed by atoms with van der Waals surface area (Å²) in [5, 5.41) is 0. The van der Waals surface area contributed by atoms with Gasteiger partial charge in [-0.1, -0.05) is 18.2 Å². The normalized spacial score (nSPS) is 21.4. The summed E-state index contributed by atoms with van der Waals surface area (Å²) in [6.45, 7) is 2.03. The Bertz CT molecular complexity index is 640. The molecule has 26 heavy (non-hydrogen) atoms. The summed E-state index contributed by atoms with van der Waals surface area (Å²) in [4.78, 5) is 28.5. The number of amides is 2. The third-order valence-electron chi connectivity index (χ3n) is 5.58. The molecule has 142 valence electrons. The first-order valence-corrected chi connectivity index (χ1v) is 9.42. The highest BCUT2D eigenvalue weighted by molar-refractivity contribution is 5.86. The molecule has 0 aliphatic carbocycles. The summed E-state index contributed by atoms with van der Waals surface area (Å²) in [6, 6.07) is 7.74. The van der Waals surface area contributed by atoms with E-state index in [4.69, 9.17) is 9.47 Å². The fourth-order valence-corrected chi connectivity index (χ4v) is 4.15. The molecule has 0 N–H and O–H groups in total. The zero-order chi connectivity index (χ0) is 18.5. The topological polar surface area (TPSA) is 59.1 Å². The first-order valence-electron chi connectivity index (χ1n) is 9.42. The minimum absolute atomic E-state index is 0.0635. The first kappa shape index (κ1) is 18.5. The molecule has 2 fully saturated rings. The molecule has 1 atom stereocenters. The second-order valence-electron chi connectivity index (χ2n) is 7.02. The minimum Gasteiger partial charge on any atom is -0.496 e. The average Bonchev–Trinajstić information content (AvgIpc) is 2.72. The third kappa shape index (κ3) is 3.79. The van der Waals surface area contributed by atoms with Crippen LogP contribution in [0, 0.1) is 0 Å². The number of nitrogens with zero attached hydrogens (tertiary/aromatic N) is 2. The lowest BCUT2D eigenvalue weighted by Gasteiger charge is -2.39. The lowest BCUT2D eigenvalue weighted by atomic mass is 9.88. The van der Waals surface area contributed by atoms with Crippen molar-refractivity contribution in [3.8, 4) is 5.75 Å². The van der Waals surface area contributed by atoms with Crippen LogP contribution in [0.1, 0.15) is 43.6 Å². The molecule has 0 radical (unpaired) electrons. The molecule has 2 aliphatic heterocycles. The number of para-hydroxylation sites is 1. The Kier molecular flexibility index (Phi) is 6.01. The van der Waals surface area contributed by atoms with Crippen LogP contribution in [-0.4, -0.2) is 61.7 Å². The highest BCUT2D eigenvalue weighted by Gasteiger charge is 2.36. The van der Waals surface area contributed by atoms with Crippen molar-refractivity contribution in [2.24, 2.45) is 0 Å². The van der Waals surface area contributed by atoms with E-state index in [1.165, 1.54) is 12.7 Å². The maximum atomic E-state index is 13.0. The van der Waals surface area contributed by atoms with Crippen molar-refractivity contribution in [1.29, 1.82) is 0 Å². The van der Waals surface area contributed by atoms with Gasteiger partial charge < -0.3 is 14.4 Å². The van der Waals surface area contributed by atoms with Crippen LogP contribution >= 0.6 is 0 Å². The van der Waals surface area contributed by atoms with Crippen molar-refractivity contribution < 1.29 is 19.1 Å². The fourth-order valence-electron chi connectivity index (χ4n) is 4.15. The van der Waals surface area contributed by atoms with Crippen LogP contribution in [0.25, 0.3) is 0 Å². The molecule has 1 aromatic rings. The van der Waals surface area contributed by atoms with Crippen molar-refractivity contribution in [1.82, 2.24) is 9.80 Å². The quantitative estimate of drug-likeness (QED) is 0.831. The summed E-state index contributed by atoms with van der Waals surface area (Å²) in [5.41, 5.74) is 1.22. The number of carbonyl (C=O) groups is 2. The van der Waals surface area contributed by atoms with Crippen LogP contribution in [0.3, 0.4) is 0 Å². The highest BCUT2D eigenvalue weighted by Crippen LogP contribution is 2.34. The summed E-state index contributed by atoms with van der Waals surface area (Å²) in [6.07, 6.45) is 4.05. The van der Waals surface area contributed by atoms with E-state index in [1.807, 2.05) is 23.1 Å². The Labute approximate surface area is 155 Å². The Morgan fingerprint density at radius 2 is 1.73 bits per heavy atom. The van der Waals surface area contributed by atoms with Gasteiger partial charge in [-0.2, -0.15) is 0 Å². The minimum atomic E-state index is -0.396. The molecular weight excluding hydrogens is 332 g/mol. The molecule has 2 heterocycles. The predicted molar refractivity (Wildman–Crippen MR) is 98.3 cm³/mol. The SMILES string of the molecule is COC(=O)N1CCCCC1C(=O)N1CCC(c2ccccc2OC)CC1. The molecule has 1 unspecified atom stereocenters. The molecule has 1 aromatic carbocycles. The molecule has 2 amide bonds. The Balaban J connectivity index is 1.63. The van der Waals surface area contributed by atoms with E-state index in [1.54, 1.807) is 12.0 Å². The Hall–Kier alpha value is -2.24. The Morgan fingerprint density at radius 1 is 1.00 bits per heavy atom. The molecule has 0 spiro atoms. The molecule has 3 rings (SSSR count). The van der Waals surface area contributed by atoms with Crippen molar-refractivity contribution in [3.05, 3.63) is 29.8 Å². The smallest absolute Gasteiger partial charge is 0.410 e. The summed E-state index contributed by atoms with van der Waals surface area (Å²) < 4.78 is 10.3. The van der Waals surface area contributed by atoms with Crippen LogP contribution in [0.5, 0.6) is 5.75 Å². The highest BCUT2D eigenvalue weighted by atomic mass is 16.5. The van der Waals surface area contributed by atoms with Gasteiger partial charge >= 0.3 is 6.09 Å². The van der Waals surface area contributed by atoms with Crippen molar-refractivity contribution >= 4 is 12.0 Å². The van der Waals surface area contributed by atoms with Gasteiger partial charge in [0.05, 0.1) is 14.2 Å². The molecule has 2 aliphatic rings. The van der Waals surface area contributed by atoms with Crippen LogP contribution < -0.4 is 4.74 Å². The van der Waals surface area contributed by atoms with Gasteiger partial charge in [0.15, 0.2) is 0 Å². The number of likely N-dealkylation sites (tertiary alicyclic amines) is 2. The fraction of sp³-hybridized carbons (Fsp3) is 0.600. The van der Waals surface area contributed by atoms with Gasteiger partial charge in [0.1, 0.15) is 11.8 Å². The molecular formula is C20H28N2O4. The summed E-state index contributed by atoms with van der Waals surface area (Å²) in [5.74, 6) is 1.38. The van der Waals surface area contributed by atoms with E-state index < -0.39 is 6.09 Å². The van der Waals surface area contributed by atoms with E-state index in [2.05, 4.69) is 6.07 Å². The van der Waals surface area contributed by atoms with Crippen molar-refractivity contribution in [3.63, 3.8) is 0 Å². The number of hydrogen-bond donors (Lipinski definition) is 0. The number of ether oxygens (including phenoxy) is 2. The summed E-state index contributed by atoms with van der Waals surface area (Å²) >= 11 is 0. The molecule has 0 aromatic heterocycles. The van der Waals surface area contributed by atoms with Crippen LogP contribution in [0.4, 0.5) is 4.79 Å². The predicted octanol–water partition coefficient (Wildman–Crippen LogP) is 3.02. The largest absolute Gasteiger partial charge is 0.496 e. The van der Waals surface area contributed by atoms with Gasteiger partial charge in [-0.15, -0.1) is 0 Å². The van der Waals surface area contributed by atoms with E-state index in [-0.39, 0.29) is 11.9 Å². The zero-order valence-corrected chi connectivity index (χ0v) is 15.6. The second kappa shape index (κ2) is 8.43. The van der Waals surface area contributed by atoms with Gasteiger partial charge in [-0.05, 0) is 49.7 Å². The molecule has 6 heteroatoms. The van der Waals surface area contributed by atoms with Gasteiger partial charge in [0.2, 0.25) is 5.91 Å². The number of hydrogen-bond acceptors (Lipinski definition) is 4. The summed E-state index contributed by atoms with van der Waals surface area (Å²) in [7, 11) is 3.07. The van der Waals surface area contributed by atoms with Crippen molar-refractivity contribution in [2.75, 3.05) is 33.9 Å². The lowest BCUT2D eigenvalue weighted by Crippen LogP contribution is -2.54. The lowest BCUT2D eigenvalue weighted by molar-refractivity contribution is -0.138. The number of piperidine rings is 2. The van der Waals surface area contributed by atoms with Gasteiger partial charge in [-0.25, -0.2) is 4.79 Å². The number of rotatable bonds is 3. The molecule has 0 bridgehead atoms. The van der Waals surface area contributed by atoms with Gasteiger partial charge in [0, 0.05) is 19.6 Å². The van der Waals surface area contributed by atoms with Crippen LogP contribution in [0.2, 0.25) is 0 Å². The maximum Gasteiger partial charge on any atom is 0.410 e. The molecule has 0 saturated carbocycles. The van der Waals surface area contributed by atoms with E-state index in [0.29, 0.717) is 25.6 Å². The number of carbonyl (C=O) groups excluding carboxylic acids is 2. The van der Waals surface area contributed by atoms with Crippen molar-refractivity contribution in [2.45, 2.75) is 44.1 Å². The molecule has 2 saturated heterocycles. The maximum absolute atomic E-state index is 13.0. The first-order chi connectivity index (χ1) is 12.7. The Morgan fingerprint density at radius 3 is 2.42 bits per heavy atom. The molecule has 6 nitrogen and oxygen atoms in total. The third-order valence-corrected chi connectivity index (χ3v) is 5.58. The number of methoxy groups -OCH3 is 2. The van der Waals surface area contributed by atoms with E-state index >= 15 is 0 Å². The van der Waals surface area contributed by atoms with E-state index in [0.717, 1.165) is 37.9 Å². The second-order valence-corrected chi connectivity index (χ2v) is 7.02. The van der Waals surface area contributed by atoms with Crippen LogP contribution in [0.15, 0.2) is 24.3 Å². The van der Waals surface area contributed by atoms with Crippen LogP contribution in [-0.2, 0) is 9.53 Å². The van der Waals surface area contributed by atoms with Gasteiger partial charge in [-0.3, -0.25) is 9.69 Å². The average molecular weight is 360 g/mol. The van der Waals surface area contributed by atoms with Gasteiger partial charge in [0.25, 0.3) is 0 Å². The number of benzene rings is 1. The standard InChI is InChI=1S/C20H28N2O4/c1-25-18-9-4-3-7-16(18)15-10-13-21(14-11-15)19(23)17-8-5-6-12-22(17)20(24)26-2/h3-4,7,9,15,17H,5-6,8,10-14H2,1-2H3. The zero-order valence-electron chi connectivity index (χ0n) is 15.6. The van der Waals surface area contributed by atoms with E-state index in [9.17, 15) is 9.59 Å². The monoisotopic (exact) mass is 360 g/mol.